The number of nitrogens with one attached hydrogen (secondary N) is 2. The molecule has 2 aromatic rings. The number of nitrogens with zero attached hydrogens (tertiary/aromatic N) is 2. The molecular weight excluding hydrogens is 465 g/mol. The fourth-order valence-electron chi connectivity index (χ4n) is 4.21. The summed E-state index contributed by atoms with van der Waals surface area (Å²) >= 11 is 0. The minimum atomic E-state index is -5.08. The van der Waals surface area contributed by atoms with Crippen molar-refractivity contribution in [2.45, 2.75) is 51.7 Å². The molecule has 0 spiro atoms. The average molecular weight is 499 g/mol. The summed E-state index contributed by atoms with van der Waals surface area (Å²) in [5.41, 5.74) is 3.38. The second-order valence-corrected chi connectivity index (χ2v) is 8.86. The van der Waals surface area contributed by atoms with Crippen molar-refractivity contribution in [1.29, 1.82) is 0 Å². The molecule has 0 amide bonds. The Morgan fingerprint density at radius 1 is 1.26 bits per heavy atom. The summed E-state index contributed by atoms with van der Waals surface area (Å²) in [5, 5.41) is 15.3. The lowest BCUT2D eigenvalue weighted by Crippen LogP contribution is -2.21. The maximum absolute atomic E-state index is 10.6. The number of carbonyl (C=O) groups is 1. The van der Waals surface area contributed by atoms with Gasteiger partial charge in [0.05, 0.1) is 24.9 Å². The number of methoxy groups -OCH3 is 1. The van der Waals surface area contributed by atoms with Crippen LogP contribution in [0.25, 0.3) is 10.9 Å². The summed E-state index contributed by atoms with van der Waals surface area (Å²) in [7, 11) is 1.70. The fraction of sp³-hybridized carbons (Fsp3) is 0.583. The first-order valence-corrected chi connectivity index (χ1v) is 11.8. The molecule has 2 aliphatic heterocycles. The number of aromatic nitrogens is 1. The van der Waals surface area contributed by atoms with E-state index >= 15 is 0 Å². The first kappa shape index (κ1) is 26.7. The van der Waals surface area contributed by atoms with Crippen molar-refractivity contribution in [3.63, 3.8) is 0 Å². The highest BCUT2D eigenvalue weighted by atomic mass is 19.4. The number of rotatable bonds is 8. The molecule has 1 aromatic carbocycles. The standard InChI is InChI=1S/C22H32N4O2.C2HF3O2/c1-15(2)24-22-16-7-8-23-21(16)17-13-19(27-3)20(14-18(17)25-22)28-12-6-11-26-9-4-5-10-26;3-2(4,5)1(6)7/h13-15,23H,4-12H2,1-3H3,(H,24,25);(H,6,7). The summed E-state index contributed by atoms with van der Waals surface area (Å²) in [6.07, 6.45) is -0.406. The van der Waals surface area contributed by atoms with Gasteiger partial charge in [-0.15, -0.1) is 0 Å². The van der Waals surface area contributed by atoms with Crippen molar-refractivity contribution in [3.05, 3.63) is 17.7 Å². The number of aliphatic carboxylic acids is 1. The highest BCUT2D eigenvalue weighted by Gasteiger charge is 2.38. The Balaban J connectivity index is 0.000000429. The van der Waals surface area contributed by atoms with Gasteiger partial charge in [-0.3, -0.25) is 0 Å². The zero-order valence-corrected chi connectivity index (χ0v) is 20.3. The molecule has 194 valence electrons. The lowest BCUT2D eigenvalue weighted by Gasteiger charge is -2.18. The molecule has 35 heavy (non-hydrogen) atoms. The van der Waals surface area contributed by atoms with Gasteiger partial charge in [0.25, 0.3) is 0 Å². The number of likely N-dealkylation sites (tertiary alicyclic amines) is 1. The summed E-state index contributed by atoms with van der Waals surface area (Å²) in [6.45, 7) is 9.49. The molecule has 0 saturated carbocycles. The average Bonchev–Trinajstić information content (AvgIpc) is 3.48. The van der Waals surface area contributed by atoms with Gasteiger partial charge < -0.3 is 30.1 Å². The SMILES string of the molecule is COc1cc2c3c(c(NC(C)C)nc2cc1OCCCN1CCCC1)CCN3.O=C(O)C(F)(F)F. The molecule has 2 aliphatic rings. The van der Waals surface area contributed by atoms with E-state index in [1.165, 1.54) is 37.2 Å². The zero-order chi connectivity index (χ0) is 25.6. The number of fused-ring (bicyclic) bond motifs is 3. The number of ether oxygens (including phenoxy) is 2. The first-order valence-electron chi connectivity index (χ1n) is 11.8. The lowest BCUT2D eigenvalue weighted by molar-refractivity contribution is -0.192. The third kappa shape index (κ3) is 7.03. The van der Waals surface area contributed by atoms with Crippen LogP contribution in [-0.4, -0.2) is 73.1 Å². The largest absolute Gasteiger partial charge is 0.493 e. The second kappa shape index (κ2) is 11.7. The van der Waals surface area contributed by atoms with Crippen LogP contribution < -0.4 is 20.1 Å². The molecule has 0 radical (unpaired) electrons. The van der Waals surface area contributed by atoms with Crippen LogP contribution in [0.3, 0.4) is 0 Å². The van der Waals surface area contributed by atoms with Gasteiger partial charge in [-0.1, -0.05) is 0 Å². The monoisotopic (exact) mass is 498 g/mol. The highest BCUT2D eigenvalue weighted by molar-refractivity contribution is 5.98. The summed E-state index contributed by atoms with van der Waals surface area (Å²) in [6, 6.07) is 4.43. The van der Waals surface area contributed by atoms with Crippen molar-refractivity contribution >= 4 is 28.4 Å². The first-order chi connectivity index (χ1) is 16.6. The molecule has 1 aromatic heterocycles. The van der Waals surface area contributed by atoms with Crippen molar-refractivity contribution in [2.75, 3.05) is 50.5 Å². The predicted octanol–water partition coefficient (Wildman–Crippen LogP) is 4.53. The van der Waals surface area contributed by atoms with Crippen molar-refractivity contribution in [2.24, 2.45) is 0 Å². The Hall–Kier alpha value is -2.95. The van der Waals surface area contributed by atoms with E-state index in [2.05, 4.69) is 35.4 Å². The van der Waals surface area contributed by atoms with E-state index in [0.29, 0.717) is 12.6 Å². The van der Waals surface area contributed by atoms with Crippen LogP contribution in [0.2, 0.25) is 0 Å². The fourth-order valence-corrected chi connectivity index (χ4v) is 4.21. The number of carboxylic acids is 1. The van der Waals surface area contributed by atoms with E-state index in [1.54, 1.807) is 7.11 Å². The maximum Gasteiger partial charge on any atom is 0.490 e. The quantitative estimate of drug-likeness (QED) is 0.457. The predicted molar refractivity (Wildman–Crippen MR) is 129 cm³/mol. The van der Waals surface area contributed by atoms with Crippen molar-refractivity contribution in [1.82, 2.24) is 9.88 Å². The van der Waals surface area contributed by atoms with E-state index in [9.17, 15) is 13.2 Å². The van der Waals surface area contributed by atoms with Crippen LogP contribution in [-0.2, 0) is 11.2 Å². The Kier molecular flexibility index (Phi) is 8.87. The van der Waals surface area contributed by atoms with Crippen LogP contribution >= 0.6 is 0 Å². The third-order valence-corrected chi connectivity index (χ3v) is 5.79. The number of pyridine rings is 1. The molecule has 0 aliphatic carbocycles. The summed E-state index contributed by atoms with van der Waals surface area (Å²) in [4.78, 5) is 16.3. The summed E-state index contributed by atoms with van der Waals surface area (Å²) in [5.74, 6) is -0.228. The second-order valence-electron chi connectivity index (χ2n) is 8.86. The molecule has 0 bridgehead atoms. The molecule has 3 heterocycles. The molecular formula is C24H33F3N4O4. The van der Waals surface area contributed by atoms with Gasteiger partial charge in [-0.25, -0.2) is 9.78 Å². The smallest absolute Gasteiger partial charge is 0.490 e. The van der Waals surface area contributed by atoms with Crippen LogP contribution in [0.4, 0.5) is 24.7 Å². The van der Waals surface area contributed by atoms with Gasteiger partial charge in [-0.2, -0.15) is 13.2 Å². The Morgan fingerprint density at radius 3 is 2.54 bits per heavy atom. The molecule has 1 fully saturated rings. The van der Waals surface area contributed by atoms with Crippen LogP contribution in [0, 0.1) is 0 Å². The van der Waals surface area contributed by atoms with Gasteiger partial charge >= 0.3 is 12.1 Å². The van der Waals surface area contributed by atoms with Gasteiger partial charge in [0.2, 0.25) is 0 Å². The molecule has 4 rings (SSSR count). The van der Waals surface area contributed by atoms with Crippen molar-refractivity contribution in [3.8, 4) is 11.5 Å². The molecule has 11 heteroatoms. The van der Waals surface area contributed by atoms with Gasteiger partial charge in [0.1, 0.15) is 5.82 Å². The number of benzene rings is 1. The number of hydrogen-bond acceptors (Lipinski definition) is 7. The van der Waals surface area contributed by atoms with Gasteiger partial charge in [-0.05, 0) is 58.7 Å². The van der Waals surface area contributed by atoms with E-state index in [4.69, 9.17) is 24.4 Å². The minimum absolute atomic E-state index is 0.342. The molecule has 0 unspecified atom stereocenters. The topological polar surface area (TPSA) is 96.0 Å². The Morgan fingerprint density at radius 2 is 1.94 bits per heavy atom. The minimum Gasteiger partial charge on any atom is -0.493 e. The van der Waals surface area contributed by atoms with E-state index < -0.39 is 12.1 Å². The van der Waals surface area contributed by atoms with Crippen LogP contribution in [0.5, 0.6) is 11.5 Å². The molecule has 3 N–H and O–H groups in total. The zero-order valence-electron chi connectivity index (χ0n) is 20.3. The van der Waals surface area contributed by atoms with Crippen molar-refractivity contribution < 1.29 is 32.5 Å². The normalized spacial score (nSPS) is 15.4. The van der Waals surface area contributed by atoms with E-state index in [0.717, 1.165) is 54.2 Å². The van der Waals surface area contributed by atoms with E-state index in [-0.39, 0.29) is 0 Å². The number of hydrogen-bond donors (Lipinski definition) is 3. The Labute approximate surface area is 202 Å². The lowest BCUT2D eigenvalue weighted by atomic mass is 10.1. The van der Waals surface area contributed by atoms with Crippen LogP contribution in [0.15, 0.2) is 12.1 Å². The van der Waals surface area contributed by atoms with Gasteiger partial charge in [0.15, 0.2) is 11.5 Å². The van der Waals surface area contributed by atoms with Crippen LogP contribution in [0.1, 0.15) is 38.7 Å². The number of anilines is 2. The molecule has 0 atom stereocenters. The number of alkyl halides is 3. The Bertz CT molecular complexity index is 1020. The van der Waals surface area contributed by atoms with E-state index in [1.807, 2.05) is 6.07 Å². The molecule has 1 saturated heterocycles. The maximum atomic E-state index is 10.6. The highest BCUT2D eigenvalue weighted by Crippen LogP contribution is 2.40. The van der Waals surface area contributed by atoms with Gasteiger partial charge in [0, 0.05) is 36.1 Å². The molecule has 8 nitrogen and oxygen atoms in total. The number of halogens is 3. The third-order valence-electron chi connectivity index (χ3n) is 5.79. The summed E-state index contributed by atoms with van der Waals surface area (Å²) < 4.78 is 43.5. The number of carboxylic acid groups (broad SMARTS) is 1.